The Morgan fingerprint density at radius 1 is 1.25 bits per heavy atom. The summed E-state index contributed by atoms with van der Waals surface area (Å²) in [5, 5.41) is 6.46. The smallest absolute Gasteiger partial charge is 0.225 e. The Balaban J connectivity index is 2.05. The van der Waals surface area contributed by atoms with E-state index in [4.69, 9.17) is 0 Å². The molecular weight excluding hydrogens is 220 g/mol. The van der Waals surface area contributed by atoms with E-state index in [2.05, 4.69) is 10.6 Å². The fraction of sp³-hybridized carbons (Fsp3) is 0.917. The monoisotopic (exact) mass is 244 g/mol. The van der Waals surface area contributed by atoms with Crippen molar-refractivity contribution in [3.8, 4) is 0 Å². The first-order valence-electron chi connectivity index (χ1n) is 6.09. The molecule has 1 aliphatic heterocycles. The lowest BCUT2D eigenvalue weighted by Crippen LogP contribution is -2.41. The molecule has 1 heterocycles. The molecule has 0 spiro atoms. The van der Waals surface area contributed by atoms with Crippen LogP contribution < -0.4 is 10.6 Å². The van der Waals surface area contributed by atoms with Crippen LogP contribution in [0.15, 0.2) is 0 Å². The van der Waals surface area contributed by atoms with Gasteiger partial charge in [-0.3, -0.25) is 4.79 Å². The average molecular weight is 244 g/mol. The van der Waals surface area contributed by atoms with Gasteiger partial charge in [-0.05, 0) is 24.3 Å². The molecule has 0 radical (unpaired) electrons. The van der Waals surface area contributed by atoms with Crippen molar-refractivity contribution in [3.63, 3.8) is 0 Å². The van der Waals surface area contributed by atoms with Crippen LogP contribution in [0.3, 0.4) is 0 Å². The van der Waals surface area contributed by atoms with Crippen molar-refractivity contribution in [2.45, 2.75) is 39.7 Å². The highest BCUT2D eigenvalue weighted by Crippen LogP contribution is 2.16. The largest absolute Gasteiger partial charge is 0.354 e. The minimum atomic E-state index is -0.276. The van der Waals surface area contributed by atoms with E-state index in [-0.39, 0.29) is 11.3 Å². The van der Waals surface area contributed by atoms with E-state index in [0.717, 1.165) is 13.1 Å². The number of amides is 1. The molecule has 3 nitrogen and oxygen atoms in total. The number of thioether (sulfide) groups is 1. The van der Waals surface area contributed by atoms with Crippen LogP contribution >= 0.6 is 11.8 Å². The van der Waals surface area contributed by atoms with Crippen LogP contribution in [0.5, 0.6) is 0 Å². The van der Waals surface area contributed by atoms with Gasteiger partial charge in [-0.2, -0.15) is 11.8 Å². The van der Waals surface area contributed by atoms with Gasteiger partial charge in [0.2, 0.25) is 5.91 Å². The molecular formula is C12H24N2OS. The van der Waals surface area contributed by atoms with Crippen molar-refractivity contribution >= 4 is 17.7 Å². The second-order valence-corrected chi connectivity index (χ2v) is 6.57. The maximum atomic E-state index is 11.6. The summed E-state index contributed by atoms with van der Waals surface area (Å²) in [6.07, 6.45) is 2.52. The minimum Gasteiger partial charge on any atom is -0.354 e. The summed E-state index contributed by atoms with van der Waals surface area (Å²) < 4.78 is 0. The third-order valence-electron chi connectivity index (χ3n) is 2.75. The maximum Gasteiger partial charge on any atom is 0.225 e. The van der Waals surface area contributed by atoms with Crippen molar-refractivity contribution in [2.24, 2.45) is 5.41 Å². The van der Waals surface area contributed by atoms with E-state index in [1.807, 2.05) is 32.5 Å². The van der Waals surface area contributed by atoms with Crippen LogP contribution in [0, 0.1) is 5.41 Å². The lowest BCUT2D eigenvalue weighted by molar-refractivity contribution is -0.128. The van der Waals surface area contributed by atoms with Crippen LogP contribution in [0.2, 0.25) is 0 Å². The Kier molecular flexibility index (Phi) is 5.62. The number of carbonyl (C=O) groups is 1. The van der Waals surface area contributed by atoms with Gasteiger partial charge in [0, 0.05) is 24.5 Å². The SMILES string of the molecule is CC(C)(C)C(=O)NCCNC1CCSCC1. The molecule has 4 heteroatoms. The normalized spacial score (nSPS) is 18.4. The van der Waals surface area contributed by atoms with E-state index in [0.29, 0.717) is 6.04 Å². The molecule has 2 N–H and O–H groups in total. The summed E-state index contributed by atoms with van der Waals surface area (Å²) in [6.45, 7) is 7.44. The predicted octanol–water partition coefficient (Wildman–Crippen LogP) is 1.63. The van der Waals surface area contributed by atoms with Crippen molar-refractivity contribution < 1.29 is 4.79 Å². The van der Waals surface area contributed by atoms with Crippen LogP contribution in [-0.4, -0.2) is 36.5 Å². The fourth-order valence-electron chi connectivity index (χ4n) is 1.62. The number of hydrogen-bond acceptors (Lipinski definition) is 3. The predicted molar refractivity (Wildman–Crippen MR) is 70.8 cm³/mol. The zero-order valence-electron chi connectivity index (χ0n) is 10.6. The van der Waals surface area contributed by atoms with E-state index < -0.39 is 0 Å². The molecule has 1 aliphatic rings. The Bertz CT molecular complexity index is 220. The summed E-state index contributed by atoms with van der Waals surface area (Å²) in [4.78, 5) is 11.6. The third-order valence-corrected chi connectivity index (χ3v) is 3.79. The van der Waals surface area contributed by atoms with Gasteiger partial charge in [-0.15, -0.1) is 0 Å². The number of hydrogen-bond donors (Lipinski definition) is 2. The van der Waals surface area contributed by atoms with Gasteiger partial charge in [0.1, 0.15) is 0 Å². The molecule has 1 amide bonds. The van der Waals surface area contributed by atoms with E-state index in [9.17, 15) is 4.79 Å². The van der Waals surface area contributed by atoms with Crippen molar-refractivity contribution in [1.82, 2.24) is 10.6 Å². The van der Waals surface area contributed by atoms with Crippen LogP contribution in [0.1, 0.15) is 33.6 Å². The minimum absolute atomic E-state index is 0.133. The van der Waals surface area contributed by atoms with Gasteiger partial charge in [0.15, 0.2) is 0 Å². The molecule has 1 rings (SSSR count). The summed E-state index contributed by atoms with van der Waals surface area (Å²) in [5.41, 5.74) is -0.276. The van der Waals surface area contributed by atoms with Gasteiger partial charge in [-0.25, -0.2) is 0 Å². The lowest BCUT2D eigenvalue weighted by Gasteiger charge is -2.23. The van der Waals surface area contributed by atoms with Gasteiger partial charge in [0.05, 0.1) is 0 Å². The van der Waals surface area contributed by atoms with Crippen LogP contribution in [0.4, 0.5) is 0 Å². The first-order chi connectivity index (χ1) is 7.50. The van der Waals surface area contributed by atoms with Gasteiger partial charge >= 0.3 is 0 Å². The Morgan fingerprint density at radius 3 is 2.44 bits per heavy atom. The highest BCUT2D eigenvalue weighted by atomic mass is 32.2. The number of nitrogens with one attached hydrogen (secondary N) is 2. The second kappa shape index (κ2) is 6.50. The molecule has 0 saturated carbocycles. The average Bonchev–Trinajstić information content (AvgIpc) is 2.24. The molecule has 1 fully saturated rings. The topological polar surface area (TPSA) is 41.1 Å². The molecule has 1 saturated heterocycles. The first kappa shape index (κ1) is 13.8. The van der Waals surface area contributed by atoms with Crippen molar-refractivity contribution in [3.05, 3.63) is 0 Å². The van der Waals surface area contributed by atoms with Crippen molar-refractivity contribution in [1.29, 1.82) is 0 Å². The highest BCUT2D eigenvalue weighted by Gasteiger charge is 2.20. The molecule has 0 atom stereocenters. The molecule has 94 valence electrons. The first-order valence-corrected chi connectivity index (χ1v) is 7.25. The summed E-state index contributed by atoms with van der Waals surface area (Å²) >= 11 is 2.04. The summed E-state index contributed by atoms with van der Waals surface area (Å²) in [5.74, 6) is 2.67. The molecule has 0 aromatic heterocycles. The molecule has 0 unspecified atom stereocenters. The van der Waals surface area contributed by atoms with Crippen LogP contribution in [-0.2, 0) is 4.79 Å². The molecule has 0 bridgehead atoms. The zero-order valence-corrected chi connectivity index (χ0v) is 11.5. The summed E-state index contributed by atoms with van der Waals surface area (Å²) in [6, 6.07) is 0.660. The Labute approximate surface area is 103 Å². The maximum absolute atomic E-state index is 11.6. The standard InChI is InChI=1S/C12H24N2OS/c1-12(2,3)11(15)14-7-6-13-10-4-8-16-9-5-10/h10,13H,4-9H2,1-3H3,(H,14,15). The number of rotatable bonds is 4. The molecule has 16 heavy (non-hydrogen) atoms. The summed E-state index contributed by atoms with van der Waals surface area (Å²) in [7, 11) is 0. The second-order valence-electron chi connectivity index (χ2n) is 5.35. The number of carbonyl (C=O) groups excluding carboxylic acids is 1. The molecule has 0 aromatic carbocycles. The van der Waals surface area contributed by atoms with E-state index in [1.54, 1.807) is 0 Å². The lowest BCUT2D eigenvalue weighted by atomic mass is 9.96. The highest BCUT2D eigenvalue weighted by molar-refractivity contribution is 7.99. The van der Waals surface area contributed by atoms with Gasteiger partial charge in [0.25, 0.3) is 0 Å². The van der Waals surface area contributed by atoms with E-state index >= 15 is 0 Å². The van der Waals surface area contributed by atoms with Gasteiger partial charge < -0.3 is 10.6 Å². The molecule has 0 aromatic rings. The van der Waals surface area contributed by atoms with E-state index in [1.165, 1.54) is 24.3 Å². The van der Waals surface area contributed by atoms with Crippen LogP contribution in [0.25, 0.3) is 0 Å². The fourth-order valence-corrected chi connectivity index (χ4v) is 2.73. The Morgan fingerprint density at radius 2 is 1.88 bits per heavy atom. The third kappa shape index (κ3) is 5.21. The van der Waals surface area contributed by atoms with Gasteiger partial charge in [-0.1, -0.05) is 20.8 Å². The zero-order chi connectivity index (χ0) is 12.0. The Hall–Kier alpha value is -0.220. The van der Waals surface area contributed by atoms with Crippen molar-refractivity contribution in [2.75, 3.05) is 24.6 Å². The molecule has 0 aliphatic carbocycles. The quantitative estimate of drug-likeness (QED) is 0.739.